The van der Waals surface area contributed by atoms with Crippen LogP contribution in [0.1, 0.15) is 27.0 Å². The lowest BCUT2D eigenvalue weighted by atomic mass is 10.2. The van der Waals surface area contributed by atoms with Crippen molar-refractivity contribution in [3.63, 3.8) is 0 Å². The molecule has 0 unspecified atom stereocenters. The summed E-state index contributed by atoms with van der Waals surface area (Å²) in [4.78, 5) is 27.4. The van der Waals surface area contributed by atoms with Gasteiger partial charge in [-0.2, -0.15) is 4.98 Å². The van der Waals surface area contributed by atoms with E-state index < -0.39 is 5.91 Å². The predicted molar refractivity (Wildman–Crippen MR) is 99.3 cm³/mol. The summed E-state index contributed by atoms with van der Waals surface area (Å²) in [5.74, 6) is -0.409. The molecule has 0 spiro atoms. The summed E-state index contributed by atoms with van der Waals surface area (Å²) in [5.41, 5.74) is 2.10. The molecule has 27 heavy (non-hydrogen) atoms. The van der Waals surface area contributed by atoms with Crippen LogP contribution in [-0.4, -0.2) is 30.5 Å². The van der Waals surface area contributed by atoms with E-state index >= 15 is 0 Å². The third-order valence-electron chi connectivity index (χ3n) is 3.99. The molecule has 136 valence electrons. The zero-order valence-corrected chi connectivity index (χ0v) is 15.4. The van der Waals surface area contributed by atoms with Crippen molar-refractivity contribution in [1.82, 2.24) is 24.6 Å². The molecule has 3 aromatic heterocycles. The quantitative estimate of drug-likeness (QED) is 0.542. The van der Waals surface area contributed by atoms with Crippen molar-refractivity contribution in [3.8, 4) is 0 Å². The van der Waals surface area contributed by atoms with Crippen LogP contribution < -0.4 is 4.90 Å². The number of halogens is 1. The predicted octanol–water partition coefficient (Wildman–Crippen LogP) is 3.18. The first kappa shape index (κ1) is 17.2. The first-order valence-corrected chi connectivity index (χ1v) is 9.06. The number of thiazole rings is 1. The summed E-state index contributed by atoms with van der Waals surface area (Å²) < 4.78 is 14.9. The lowest BCUT2D eigenvalue weighted by Crippen LogP contribution is -2.31. The van der Waals surface area contributed by atoms with Gasteiger partial charge in [0.15, 0.2) is 0 Å². The van der Waals surface area contributed by atoms with E-state index in [2.05, 4.69) is 20.1 Å². The third kappa shape index (κ3) is 3.41. The molecule has 0 saturated carbocycles. The average molecular weight is 382 g/mol. The van der Waals surface area contributed by atoms with E-state index in [1.165, 1.54) is 32.9 Å². The van der Waals surface area contributed by atoms with Crippen LogP contribution in [-0.2, 0) is 6.54 Å². The lowest BCUT2D eigenvalue weighted by molar-refractivity contribution is 0.0975. The van der Waals surface area contributed by atoms with Gasteiger partial charge in [0.25, 0.3) is 11.7 Å². The van der Waals surface area contributed by atoms with E-state index in [0.29, 0.717) is 11.5 Å². The zero-order valence-electron chi connectivity index (χ0n) is 14.6. The molecule has 0 atom stereocenters. The number of carbonyl (C=O) groups excluding carboxylic acids is 1. The van der Waals surface area contributed by atoms with Crippen molar-refractivity contribution < 1.29 is 9.18 Å². The Kier molecular flexibility index (Phi) is 4.36. The molecule has 3 heterocycles. The van der Waals surface area contributed by atoms with Crippen LogP contribution in [0.5, 0.6) is 0 Å². The minimum absolute atomic E-state index is 0.0214. The Morgan fingerprint density at radius 1 is 1.19 bits per heavy atom. The van der Waals surface area contributed by atoms with E-state index in [9.17, 15) is 9.18 Å². The van der Waals surface area contributed by atoms with Gasteiger partial charge < -0.3 is 0 Å². The Bertz CT molecular complexity index is 1120. The van der Waals surface area contributed by atoms with E-state index in [1.54, 1.807) is 24.4 Å². The number of aromatic nitrogens is 5. The fourth-order valence-corrected chi connectivity index (χ4v) is 3.27. The lowest BCUT2D eigenvalue weighted by Gasteiger charge is -2.20. The highest BCUT2D eigenvalue weighted by Gasteiger charge is 2.24. The summed E-state index contributed by atoms with van der Waals surface area (Å²) >= 11 is 1.50. The van der Waals surface area contributed by atoms with Gasteiger partial charge in [-0.1, -0.05) is 0 Å². The van der Waals surface area contributed by atoms with Crippen molar-refractivity contribution in [2.75, 3.05) is 4.90 Å². The molecule has 9 heteroatoms. The summed E-state index contributed by atoms with van der Waals surface area (Å²) in [6, 6.07) is 7.50. The molecule has 1 amide bonds. The van der Waals surface area contributed by atoms with Crippen molar-refractivity contribution in [1.29, 1.82) is 0 Å². The second-order valence-corrected chi connectivity index (χ2v) is 7.02. The zero-order chi connectivity index (χ0) is 19.0. The number of nitrogens with zero attached hydrogens (tertiary/aromatic N) is 6. The average Bonchev–Trinajstić information content (AvgIpc) is 3.27. The van der Waals surface area contributed by atoms with Crippen molar-refractivity contribution >= 4 is 28.7 Å². The van der Waals surface area contributed by atoms with Gasteiger partial charge in [-0.25, -0.2) is 18.9 Å². The highest BCUT2D eigenvalue weighted by atomic mass is 32.1. The molecule has 1 aromatic carbocycles. The number of aryl methyl sites for hydroxylation is 2. The van der Waals surface area contributed by atoms with Crippen molar-refractivity contribution in [2.45, 2.75) is 20.4 Å². The maximum atomic E-state index is 13.3. The van der Waals surface area contributed by atoms with Gasteiger partial charge in [-0.05, 0) is 44.2 Å². The minimum Gasteiger partial charge on any atom is -0.300 e. The molecule has 0 aliphatic heterocycles. The van der Waals surface area contributed by atoms with Gasteiger partial charge in [-0.15, -0.1) is 16.4 Å². The van der Waals surface area contributed by atoms with Crippen LogP contribution in [0.4, 0.5) is 10.1 Å². The highest BCUT2D eigenvalue weighted by Crippen LogP contribution is 2.21. The maximum absolute atomic E-state index is 13.3. The molecule has 4 aromatic rings. The third-order valence-corrected chi connectivity index (χ3v) is 4.81. The van der Waals surface area contributed by atoms with E-state index in [1.807, 2.05) is 19.2 Å². The molecule has 0 aliphatic carbocycles. The first-order valence-electron chi connectivity index (χ1n) is 8.18. The van der Waals surface area contributed by atoms with Gasteiger partial charge in [0.1, 0.15) is 5.82 Å². The summed E-state index contributed by atoms with van der Waals surface area (Å²) in [7, 11) is 0. The number of rotatable bonds is 4. The maximum Gasteiger partial charge on any atom is 0.298 e. The summed E-state index contributed by atoms with van der Waals surface area (Å²) in [6.45, 7) is 3.99. The Hall–Kier alpha value is -3.20. The fourth-order valence-electron chi connectivity index (χ4n) is 2.66. The van der Waals surface area contributed by atoms with E-state index in [4.69, 9.17) is 0 Å². The second-order valence-electron chi connectivity index (χ2n) is 5.96. The Morgan fingerprint density at radius 3 is 2.63 bits per heavy atom. The molecule has 0 fully saturated rings. The smallest absolute Gasteiger partial charge is 0.298 e. The molecule has 7 nitrogen and oxygen atoms in total. The van der Waals surface area contributed by atoms with Crippen LogP contribution in [0.2, 0.25) is 0 Å². The van der Waals surface area contributed by atoms with Gasteiger partial charge in [0.2, 0.25) is 5.82 Å². The normalized spacial score (nSPS) is 11.1. The topological polar surface area (TPSA) is 76.3 Å². The minimum atomic E-state index is -0.405. The SMILES string of the molecule is Cc1nc(CN(C(=O)c2nc3nccc(C)n3n2)c2ccc(F)cc2)cs1. The van der Waals surface area contributed by atoms with Gasteiger partial charge in [-0.3, -0.25) is 9.69 Å². The monoisotopic (exact) mass is 382 g/mol. The number of benzene rings is 1. The number of hydrogen-bond acceptors (Lipinski definition) is 6. The van der Waals surface area contributed by atoms with Gasteiger partial charge in [0, 0.05) is 23.0 Å². The molecular formula is C18H15FN6OS. The summed E-state index contributed by atoms with van der Waals surface area (Å²) in [5, 5.41) is 7.08. The van der Waals surface area contributed by atoms with Crippen LogP contribution in [0.25, 0.3) is 5.78 Å². The number of anilines is 1. The van der Waals surface area contributed by atoms with Crippen LogP contribution in [0, 0.1) is 19.7 Å². The van der Waals surface area contributed by atoms with E-state index in [0.717, 1.165) is 16.4 Å². The van der Waals surface area contributed by atoms with Crippen LogP contribution in [0.3, 0.4) is 0 Å². The number of fused-ring (bicyclic) bond motifs is 1. The molecule has 0 radical (unpaired) electrons. The molecule has 4 rings (SSSR count). The second kappa shape index (κ2) is 6.84. The van der Waals surface area contributed by atoms with Gasteiger partial charge >= 0.3 is 0 Å². The Balaban J connectivity index is 1.74. The molecule has 0 saturated heterocycles. The van der Waals surface area contributed by atoms with Crippen molar-refractivity contribution in [2.24, 2.45) is 0 Å². The molecular weight excluding hydrogens is 367 g/mol. The van der Waals surface area contributed by atoms with Gasteiger partial charge in [0.05, 0.1) is 17.2 Å². The highest BCUT2D eigenvalue weighted by molar-refractivity contribution is 7.09. The molecule has 0 bridgehead atoms. The molecule has 0 aliphatic rings. The molecule has 0 N–H and O–H groups in total. The van der Waals surface area contributed by atoms with Crippen LogP contribution in [0.15, 0.2) is 41.9 Å². The largest absolute Gasteiger partial charge is 0.300 e. The Morgan fingerprint density at radius 2 is 1.96 bits per heavy atom. The van der Waals surface area contributed by atoms with Crippen molar-refractivity contribution in [3.05, 3.63) is 69.9 Å². The Labute approximate surface area is 158 Å². The first-order chi connectivity index (χ1) is 13.0. The van der Waals surface area contributed by atoms with Crippen LogP contribution >= 0.6 is 11.3 Å². The number of hydrogen-bond donors (Lipinski definition) is 0. The number of amides is 1. The number of carbonyl (C=O) groups is 1. The van der Waals surface area contributed by atoms with E-state index in [-0.39, 0.29) is 18.2 Å². The summed E-state index contributed by atoms with van der Waals surface area (Å²) in [6.07, 6.45) is 1.61. The fraction of sp³-hybridized carbons (Fsp3) is 0.167. The standard InChI is InChI=1S/C18H15FN6OS/c1-11-7-8-20-18-22-16(23-25(11)18)17(26)24(9-14-10-27-12(2)21-14)15-5-3-13(19)4-6-15/h3-8,10H,9H2,1-2H3.